The zero-order chi connectivity index (χ0) is 18.6. The summed E-state index contributed by atoms with van der Waals surface area (Å²) in [6.07, 6.45) is 1.65. The maximum Gasteiger partial charge on any atom is 0.241 e. The van der Waals surface area contributed by atoms with Crippen molar-refractivity contribution >= 4 is 10.0 Å². The number of methoxy groups -OCH3 is 1. The molecule has 134 valence electrons. The van der Waals surface area contributed by atoms with E-state index in [0.717, 1.165) is 5.56 Å². The quantitative estimate of drug-likeness (QED) is 0.723. The zero-order valence-corrected chi connectivity index (χ0v) is 15.4. The lowest BCUT2D eigenvalue weighted by molar-refractivity contribution is 0.414. The van der Waals surface area contributed by atoms with Crippen LogP contribution < -0.4 is 9.46 Å². The number of sulfonamides is 1. The van der Waals surface area contributed by atoms with E-state index in [-0.39, 0.29) is 4.90 Å². The molecule has 6 heteroatoms. The third kappa shape index (κ3) is 3.92. The van der Waals surface area contributed by atoms with Crippen molar-refractivity contribution in [3.63, 3.8) is 0 Å². The molecule has 3 aromatic rings. The Kier molecular flexibility index (Phi) is 5.35. The van der Waals surface area contributed by atoms with Crippen molar-refractivity contribution in [2.75, 3.05) is 7.11 Å². The highest BCUT2D eigenvalue weighted by atomic mass is 32.2. The van der Waals surface area contributed by atoms with Crippen molar-refractivity contribution in [1.82, 2.24) is 9.71 Å². The fourth-order valence-corrected chi connectivity index (χ4v) is 4.18. The monoisotopic (exact) mass is 368 g/mol. The normalized spacial score (nSPS) is 12.5. The summed E-state index contributed by atoms with van der Waals surface area (Å²) in [5.74, 6) is 0.616. The number of aromatic nitrogens is 1. The number of nitrogens with one attached hydrogen (secondary N) is 1. The zero-order valence-electron chi connectivity index (χ0n) is 14.6. The molecule has 0 spiro atoms. The molecule has 0 saturated heterocycles. The molecule has 0 saturated carbocycles. The smallest absolute Gasteiger partial charge is 0.241 e. The van der Waals surface area contributed by atoms with E-state index in [1.165, 1.54) is 0 Å². The van der Waals surface area contributed by atoms with Crippen LogP contribution in [0.1, 0.15) is 22.9 Å². The maximum absolute atomic E-state index is 13.0. The Labute approximate surface area is 153 Å². The second-order valence-electron chi connectivity index (χ2n) is 5.85. The molecular formula is C20H20N2O3S. The number of aryl methyl sites for hydroxylation is 1. The largest absolute Gasteiger partial charge is 0.497 e. The molecule has 0 aliphatic heterocycles. The number of benzene rings is 2. The van der Waals surface area contributed by atoms with Crippen LogP contribution in [0, 0.1) is 6.92 Å². The minimum Gasteiger partial charge on any atom is -0.497 e. The molecule has 1 N–H and O–H groups in total. The summed E-state index contributed by atoms with van der Waals surface area (Å²) in [5, 5.41) is 0. The number of nitrogens with zero attached hydrogens (tertiary/aromatic N) is 1. The van der Waals surface area contributed by atoms with Crippen LogP contribution in [0.25, 0.3) is 0 Å². The van der Waals surface area contributed by atoms with Gasteiger partial charge in [-0.15, -0.1) is 0 Å². The van der Waals surface area contributed by atoms with Crippen molar-refractivity contribution < 1.29 is 13.2 Å². The van der Waals surface area contributed by atoms with Gasteiger partial charge in [0.2, 0.25) is 10.0 Å². The number of pyridine rings is 1. The Hall–Kier alpha value is -2.70. The molecular weight excluding hydrogens is 348 g/mol. The van der Waals surface area contributed by atoms with Crippen LogP contribution in [0.2, 0.25) is 0 Å². The molecule has 26 heavy (non-hydrogen) atoms. The Morgan fingerprint density at radius 3 is 2.35 bits per heavy atom. The van der Waals surface area contributed by atoms with Gasteiger partial charge in [0, 0.05) is 6.20 Å². The van der Waals surface area contributed by atoms with Gasteiger partial charge < -0.3 is 4.74 Å². The first-order chi connectivity index (χ1) is 12.5. The standard InChI is InChI=1S/C20H20N2O3S/c1-15-14-17(25-2)11-12-19(15)26(23,24)22-20(16-8-4-3-5-9-16)18-10-6-7-13-21-18/h3-14,20,22H,1-2H3. The van der Waals surface area contributed by atoms with Crippen molar-refractivity contribution in [3.05, 3.63) is 89.7 Å². The van der Waals surface area contributed by atoms with Crippen molar-refractivity contribution in [2.24, 2.45) is 0 Å². The summed E-state index contributed by atoms with van der Waals surface area (Å²) in [7, 11) is -2.21. The van der Waals surface area contributed by atoms with Gasteiger partial charge >= 0.3 is 0 Å². The fourth-order valence-electron chi connectivity index (χ4n) is 2.76. The predicted octanol–water partition coefficient (Wildman–Crippen LogP) is 3.47. The second-order valence-corrected chi connectivity index (χ2v) is 7.53. The molecule has 0 fully saturated rings. The first-order valence-electron chi connectivity index (χ1n) is 8.14. The predicted molar refractivity (Wildman–Crippen MR) is 101 cm³/mol. The minimum absolute atomic E-state index is 0.218. The molecule has 0 amide bonds. The number of ether oxygens (including phenoxy) is 1. The topological polar surface area (TPSA) is 68.3 Å². The lowest BCUT2D eigenvalue weighted by Gasteiger charge is -2.20. The number of rotatable bonds is 6. The van der Waals surface area contributed by atoms with E-state index in [2.05, 4.69) is 9.71 Å². The molecule has 1 heterocycles. The minimum atomic E-state index is -3.76. The maximum atomic E-state index is 13.0. The third-order valence-corrected chi connectivity index (χ3v) is 5.64. The number of hydrogen-bond acceptors (Lipinski definition) is 4. The van der Waals surface area contributed by atoms with E-state index in [1.807, 2.05) is 36.4 Å². The van der Waals surface area contributed by atoms with E-state index in [9.17, 15) is 8.42 Å². The molecule has 1 aromatic heterocycles. The SMILES string of the molecule is COc1ccc(S(=O)(=O)NC(c2ccccc2)c2ccccn2)c(C)c1. The highest BCUT2D eigenvalue weighted by Crippen LogP contribution is 2.26. The van der Waals surface area contributed by atoms with E-state index in [1.54, 1.807) is 50.6 Å². The first kappa shape index (κ1) is 18.1. The Bertz CT molecular complexity index is 935. The lowest BCUT2D eigenvalue weighted by atomic mass is 10.0. The molecule has 5 nitrogen and oxygen atoms in total. The van der Waals surface area contributed by atoms with Crippen LogP contribution in [0.15, 0.2) is 77.8 Å². The van der Waals surface area contributed by atoms with Gasteiger partial charge in [-0.1, -0.05) is 36.4 Å². The van der Waals surface area contributed by atoms with E-state index in [0.29, 0.717) is 17.0 Å². The summed E-state index contributed by atoms with van der Waals surface area (Å²) < 4.78 is 34.0. The summed E-state index contributed by atoms with van der Waals surface area (Å²) in [4.78, 5) is 4.55. The molecule has 0 aliphatic carbocycles. The van der Waals surface area contributed by atoms with Gasteiger partial charge in [-0.3, -0.25) is 4.98 Å². The van der Waals surface area contributed by atoms with Crippen LogP contribution in [0.5, 0.6) is 5.75 Å². The van der Waals surface area contributed by atoms with Gasteiger partial charge in [-0.2, -0.15) is 4.72 Å². The lowest BCUT2D eigenvalue weighted by Crippen LogP contribution is -2.30. The van der Waals surface area contributed by atoms with Gasteiger partial charge in [-0.05, 0) is 48.4 Å². The second kappa shape index (κ2) is 7.68. The highest BCUT2D eigenvalue weighted by molar-refractivity contribution is 7.89. The molecule has 3 rings (SSSR count). The Morgan fingerprint density at radius 2 is 1.73 bits per heavy atom. The summed E-state index contributed by atoms with van der Waals surface area (Å²) in [6, 6.07) is 19.1. The molecule has 1 atom stereocenters. The van der Waals surface area contributed by atoms with Crippen molar-refractivity contribution in [3.8, 4) is 5.75 Å². The summed E-state index contributed by atoms with van der Waals surface area (Å²) in [6.45, 7) is 1.75. The Balaban J connectivity index is 2.01. The number of hydrogen-bond donors (Lipinski definition) is 1. The molecule has 0 bridgehead atoms. The van der Waals surface area contributed by atoms with E-state index >= 15 is 0 Å². The molecule has 0 aliphatic rings. The summed E-state index contributed by atoms with van der Waals surface area (Å²) >= 11 is 0. The molecule has 0 radical (unpaired) electrons. The van der Waals surface area contributed by atoms with E-state index in [4.69, 9.17) is 4.74 Å². The average molecular weight is 368 g/mol. The van der Waals surface area contributed by atoms with Gasteiger partial charge in [-0.25, -0.2) is 8.42 Å². The van der Waals surface area contributed by atoms with Crippen molar-refractivity contribution in [2.45, 2.75) is 17.9 Å². The van der Waals surface area contributed by atoms with Gasteiger partial charge in [0.1, 0.15) is 5.75 Å². The van der Waals surface area contributed by atoms with Crippen LogP contribution in [0.3, 0.4) is 0 Å². The van der Waals surface area contributed by atoms with Crippen LogP contribution in [-0.2, 0) is 10.0 Å². The molecule has 2 aromatic carbocycles. The fraction of sp³-hybridized carbons (Fsp3) is 0.150. The van der Waals surface area contributed by atoms with Gasteiger partial charge in [0.15, 0.2) is 0 Å². The van der Waals surface area contributed by atoms with Crippen LogP contribution in [-0.4, -0.2) is 20.5 Å². The van der Waals surface area contributed by atoms with E-state index < -0.39 is 16.1 Å². The third-order valence-electron chi connectivity index (χ3n) is 4.06. The highest BCUT2D eigenvalue weighted by Gasteiger charge is 2.25. The van der Waals surface area contributed by atoms with Crippen LogP contribution >= 0.6 is 0 Å². The van der Waals surface area contributed by atoms with Crippen molar-refractivity contribution in [1.29, 1.82) is 0 Å². The molecule has 1 unspecified atom stereocenters. The van der Waals surface area contributed by atoms with Gasteiger partial charge in [0.05, 0.1) is 23.7 Å². The summed E-state index contributed by atoms with van der Waals surface area (Å²) in [5.41, 5.74) is 2.07. The Morgan fingerprint density at radius 1 is 1.00 bits per heavy atom. The van der Waals surface area contributed by atoms with Gasteiger partial charge in [0.25, 0.3) is 0 Å². The average Bonchev–Trinajstić information content (AvgIpc) is 2.67. The first-order valence-corrected chi connectivity index (χ1v) is 9.62. The van der Waals surface area contributed by atoms with Crippen LogP contribution in [0.4, 0.5) is 0 Å².